The summed E-state index contributed by atoms with van der Waals surface area (Å²) in [5, 5.41) is 19.5. The van der Waals surface area contributed by atoms with Crippen molar-refractivity contribution in [2.75, 3.05) is 7.11 Å². The van der Waals surface area contributed by atoms with Crippen molar-refractivity contribution in [1.82, 2.24) is 0 Å². The number of aryl methyl sites for hydroxylation is 1. The first-order chi connectivity index (χ1) is 7.61. The van der Waals surface area contributed by atoms with Gasteiger partial charge in [0, 0.05) is 0 Å². The number of aliphatic hydroxyl groups is 1. The van der Waals surface area contributed by atoms with Crippen LogP contribution in [0.4, 0.5) is 0 Å². The molecule has 0 spiro atoms. The van der Waals surface area contributed by atoms with E-state index in [1.165, 1.54) is 0 Å². The van der Waals surface area contributed by atoms with Crippen molar-refractivity contribution in [1.29, 1.82) is 5.26 Å². The highest BCUT2D eigenvalue weighted by molar-refractivity contribution is 5.43. The van der Waals surface area contributed by atoms with Crippen LogP contribution in [0.1, 0.15) is 24.5 Å². The minimum atomic E-state index is -1.02. The molecule has 0 aliphatic heterocycles. The molecule has 2 unspecified atom stereocenters. The van der Waals surface area contributed by atoms with Crippen LogP contribution in [0.5, 0.6) is 5.75 Å². The van der Waals surface area contributed by atoms with E-state index in [1.807, 2.05) is 18.2 Å². The van der Waals surface area contributed by atoms with E-state index >= 15 is 0 Å². The molecular formula is C13H15NO2. The van der Waals surface area contributed by atoms with Gasteiger partial charge in [-0.1, -0.05) is 6.07 Å². The summed E-state index contributed by atoms with van der Waals surface area (Å²) >= 11 is 0. The molecule has 0 fully saturated rings. The van der Waals surface area contributed by atoms with Crippen LogP contribution in [0.25, 0.3) is 0 Å². The van der Waals surface area contributed by atoms with Gasteiger partial charge in [0.2, 0.25) is 0 Å². The number of ether oxygens (including phenoxy) is 1. The third-order valence-corrected chi connectivity index (χ3v) is 3.47. The molecule has 0 saturated carbocycles. The number of hydrogen-bond acceptors (Lipinski definition) is 3. The number of nitrogens with zero attached hydrogens (tertiary/aromatic N) is 1. The first kappa shape index (κ1) is 11.0. The largest absolute Gasteiger partial charge is 0.497 e. The monoisotopic (exact) mass is 217 g/mol. The lowest BCUT2D eigenvalue weighted by atomic mass is 9.84. The predicted molar refractivity (Wildman–Crippen MR) is 60.0 cm³/mol. The lowest BCUT2D eigenvalue weighted by molar-refractivity contribution is 0.00535. The van der Waals surface area contributed by atoms with Crippen molar-refractivity contribution in [3.05, 3.63) is 29.3 Å². The predicted octanol–water partition coefficient (Wildman–Crippen LogP) is 1.99. The van der Waals surface area contributed by atoms with Crippen LogP contribution < -0.4 is 4.74 Å². The minimum Gasteiger partial charge on any atom is -0.497 e. The van der Waals surface area contributed by atoms with E-state index in [4.69, 9.17) is 10.00 Å². The van der Waals surface area contributed by atoms with Gasteiger partial charge in [0.1, 0.15) is 11.4 Å². The van der Waals surface area contributed by atoms with E-state index in [-0.39, 0.29) is 0 Å². The minimum absolute atomic E-state index is 0.402. The summed E-state index contributed by atoms with van der Waals surface area (Å²) in [4.78, 5) is 0. The summed E-state index contributed by atoms with van der Waals surface area (Å²) in [6.07, 6.45) is 1.44. The Morgan fingerprint density at radius 1 is 1.56 bits per heavy atom. The topological polar surface area (TPSA) is 53.2 Å². The Hall–Kier alpha value is -1.53. The normalized spacial score (nSPS) is 24.6. The van der Waals surface area contributed by atoms with Gasteiger partial charge in [-0.2, -0.15) is 5.26 Å². The Balaban J connectivity index is 2.49. The van der Waals surface area contributed by atoms with E-state index in [0.717, 1.165) is 23.3 Å². The number of benzene rings is 1. The molecule has 0 amide bonds. The molecular weight excluding hydrogens is 202 g/mol. The van der Waals surface area contributed by atoms with Crippen LogP contribution in [-0.4, -0.2) is 12.2 Å². The number of nitriles is 1. The molecule has 0 saturated heterocycles. The van der Waals surface area contributed by atoms with Gasteiger partial charge in [-0.3, -0.25) is 0 Å². The number of hydrogen-bond donors (Lipinski definition) is 1. The van der Waals surface area contributed by atoms with Crippen LogP contribution in [0.2, 0.25) is 0 Å². The SMILES string of the molecule is COc1ccc2c(c1)C(O)(C(C)C#N)CC2. The van der Waals surface area contributed by atoms with E-state index < -0.39 is 11.5 Å². The molecule has 0 aromatic heterocycles. The van der Waals surface area contributed by atoms with E-state index in [2.05, 4.69) is 6.07 Å². The molecule has 1 aliphatic rings. The Kier molecular flexibility index (Phi) is 2.61. The first-order valence-corrected chi connectivity index (χ1v) is 5.41. The molecule has 16 heavy (non-hydrogen) atoms. The lowest BCUT2D eigenvalue weighted by Gasteiger charge is -2.26. The van der Waals surface area contributed by atoms with Gasteiger partial charge in [0.05, 0.1) is 19.1 Å². The fraction of sp³-hybridized carbons (Fsp3) is 0.462. The van der Waals surface area contributed by atoms with Crippen molar-refractivity contribution in [2.45, 2.75) is 25.4 Å². The smallest absolute Gasteiger partial charge is 0.119 e. The Labute approximate surface area is 95.3 Å². The summed E-state index contributed by atoms with van der Waals surface area (Å²) in [7, 11) is 1.60. The molecule has 84 valence electrons. The highest BCUT2D eigenvalue weighted by Crippen LogP contribution is 2.43. The van der Waals surface area contributed by atoms with Crippen molar-refractivity contribution >= 4 is 0 Å². The molecule has 0 radical (unpaired) electrons. The average Bonchev–Trinajstić information content (AvgIpc) is 2.67. The zero-order valence-electron chi connectivity index (χ0n) is 9.53. The summed E-state index contributed by atoms with van der Waals surface area (Å²) in [5.41, 5.74) is 0.949. The zero-order valence-corrected chi connectivity index (χ0v) is 9.53. The maximum atomic E-state index is 10.6. The molecule has 1 N–H and O–H groups in total. The first-order valence-electron chi connectivity index (χ1n) is 5.41. The molecule has 1 aliphatic carbocycles. The Bertz CT molecular complexity index is 450. The number of rotatable bonds is 2. The molecule has 3 nitrogen and oxygen atoms in total. The van der Waals surface area contributed by atoms with Crippen LogP contribution in [0.15, 0.2) is 18.2 Å². The van der Waals surface area contributed by atoms with E-state index in [0.29, 0.717) is 6.42 Å². The standard InChI is InChI=1S/C13H15NO2/c1-9(8-14)13(15)6-5-10-3-4-11(16-2)7-12(10)13/h3-4,7,9,15H,5-6H2,1-2H3. The van der Waals surface area contributed by atoms with Gasteiger partial charge < -0.3 is 9.84 Å². The van der Waals surface area contributed by atoms with Gasteiger partial charge in [0.15, 0.2) is 0 Å². The molecule has 3 heteroatoms. The van der Waals surface area contributed by atoms with Crippen molar-refractivity contribution in [3.63, 3.8) is 0 Å². The molecule has 0 bridgehead atoms. The third kappa shape index (κ3) is 1.46. The second-order valence-corrected chi connectivity index (χ2v) is 4.30. The number of fused-ring (bicyclic) bond motifs is 1. The summed E-state index contributed by atoms with van der Waals surface area (Å²) in [5.74, 6) is 0.324. The summed E-state index contributed by atoms with van der Waals surface area (Å²) < 4.78 is 5.15. The van der Waals surface area contributed by atoms with E-state index in [1.54, 1.807) is 14.0 Å². The van der Waals surface area contributed by atoms with Gasteiger partial charge in [-0.15, -0.1) is 0 Å². The molecule has 1 aromatic carbocycles. The fourth-order valence-corrected chi connectivity index (χ4v) is 2.32. The maximum Gasteiger partial charge on any atom is 0.119 e. The summed E-state index contributed by atoms with van der Waals surface area (Å²) in [6.45, 7) is 1.76. The van der Waals surface area contributed by atoms with Crippen LogP contribution >= 0.6 is 0 Å². The van der Waals surface area contributed by atoms with E-state index in [9.17, 15) is 5.11 Å². The van der Waals surface area contributed by atoms with Crippen molar-refractivity contribution < 1.29 is 9.84 Å². The molecule has 2 rings (SSSR count). The molecule has 0 heterocycles. The highest BCUT2D eigenvalue weighted by atomic mass is 16.5. The quantitative estimate of drug-likeness (QED) is 0.824. The second kappa shape index (κ2) is 3.80. The molecule has 2 atom stereocenters. The van der Waals surface area contributed by atoms with Crippen molar-refractivity contribution in [3.8, 4) is 11.8 Å². The maximum absolute atomic E-state index is 10.6. The van der Waals surface area contributed by atoms with Gasteiger partial charge >= 0.3 is 0 Å². The van der Waals surface area contributed by atoms with Crippen LogP contribution in [-0.2, 0) is 12.0 Å². The van der Waals surface area contributed by atoms with Gasteiger partial charge in [-0.25, -0.2) is 0 Å². The zero-order chi connectivity index (χ0) is 11.8. The average molecular weight is 217 g/mol. The summed E-state index contributed by atoms with van der Waals surface area (Å²) in [6, 6.07) is 7.84. The van der Waals surface area contributed by atoms with Gasteiger partial charge in [0.25, 0.3) is 0 Å². The highest BCUT2D eigenvalue weighted by Gasteiger charge is 2.41. The Morgan fingerprint density at radius 3 is 2.94 bits per heavy atom. The van der Waals surface area contributed by atoms with Gasteiger partial charge in [-0.05, 0) is 43.0 Å². The lowest BCUT2D eigenvalue weighted by Crippen LogP contribution is -2.29. The van der Waals surface area contributed by atoms with Crippen LogP contribution in [0, 0.1) is 17.2 Å². The fourth-order valence-electron chi connectivity index (χ4n) is 2.32. The number of methoxy groups -OCH3 is 1. The second-order valence-electron chi connectivity index (χ2n) is 4.30. The van der Waals surface area contributed by atoms with Crippen LogP contribution in [0.3, 0.4) is 0 Å². The molecule has 1 aromatic rings. The third-order valence-electron chi connectivity index (χ3n) is 3.47. The van der Waals surface area contributed by atoms with Crippen molar-refractivity contribution in [2.24, 2.45) is 5.92 Å². The Morgan fingerprint density at radius 2 is 2.31 bits per heavy atom.